The maximum atomic E-state index is 6.00. The van der Waals surface area contributed by atoms with E-state index in [2.05, 4.69) is 19.9 Å². The molecule has 0 atom stereocenters. The lowest BCUT2D eigenvalue weighted by molar-refractivity contribution is 0.242. The molecule has 0 aromatic carbocycles. The molecule has 116 valence electrons. The number of nitrogens with zero attached hydrogens (tertiary/aromatic N) is 4. The van der Waals surface area contributed by atoms with E-state index in [1.54, 1.807) is 12.5 Å². The molecule has 5 nitrogen and oxygen atoms in total. The Bertz CT molecular complexity index is 819. The molecule has 1 aliphatic rings. The van der Waals surface area contributed by atoms with Gasteiger partial charge in [0.05, 0.1) is 17.0 Å². The van der Waals surface area contributed by atoms with Crippen LogP contribution in [-0.2, 0) is 19.5 Å². The van der Waals surface area contributed by atoms with Gasteiger partial charge < -0.3 is 4.42 Å². The van der Waals surface area contributed by atoms with E-state index in [0.717, 1.165) is 37.3 Å². The van der Waals surface area contributed by atoms with Gasteiger partial charge >= 0.3 is 0 Å². The highest BCUT2D eigenvalue weighted by Gasteiger charge is 2.19. The summed E-state index contributed by atoms with van der Waals surface area (Å²) in [5.74, 6) is 1.36. The molecule has 0 N–H and O–H groups in total. The zero-order valence-electron chi connectivity index (χ0n) is 12.4. The fraction of sp³-hybridized carbons (Fsp3) is 0.235. The van der Waals surface area contributed by atoms with Crippen LogP contribution in [-0.4, -0.2) is 26.4 Å². The summed E-state index contributed by atoms with van der Waals surface area (Å²) in [6, 6.07) is 5.68. The summed E-state index contributed by atoms with van der Waals surface area (Å²) in [7, 11) is 0. The van der Waals surface area contributed by atoms with Crippen molar-refractivity contribution < 1.29 is 4.42 Å². The van der Waals surface area contributed by atoms with Gasteiger partial charge in [0, 0.05) is 50.2 Å². The Hall–Kier alpha value is -2.24. The lowest BCUT2D eigenvalue weighted by Gasteiger charge is -2.27. The zero-order valence-corrected chi connectivity index (χ0v) is 13.2. The molecular formula is C17H15ClN4O. The number of hydrogen-bond acceptors (Lipinski definition) is 5. The Balaban J connectivity index is 1.51. The fourth-order valence-corrected chi connectivity index (χ4v) is 3.03. The van der Waals surface area contributed by atoms with Crippen LogP contribution in [0.5, 0.6) is 0 Å². The lowest BCUT2D eigenvalue weighted by Crippen LogP contribution is -2.31. The zero-order chi connectivity index (χ0) is 15.6. The summed E-state index contributed by atoms with van der Waals surface area (Å²) >= 11 is 6.00. The third kappa shape index (κ3) is 3.11. The first-order valence-electron chi connectivity index (χ1n) is 7.48. The van der Waals surface area contributed by atoms with E-state index < -0.39 is 0 Å². The Kier molecular flexibility index (Phi) is 3.81. The Morgan fingerprint density at radius 3 is 3.04 bits per heavy atom. The minimum atomic E-state index is 0.654. The molecule has 0 aliphatic carbocycles. The molecule has 0 spiro atoms. The van der Waals surface area contributed by atoms with E-state index in [0.29, 0.717) is 16.6 Å². The Morgan fingerprint density at radius 2 is 2.22 bits per heavy atom. The first kappa shape index (κ1) is 14.4. The van der Waals surface area contributed by atoms with Gasteiger partial charge in [-0.15, -0.1) is 0 Å². The van der Waals surface area contributed by atoms with Crippen LogP contribution in [0.3, 0.4) is 0 Å². The summed E-state index contributed by atoms with van der Waals surface area (Å²) < 4.78 is 5.37. The quantitative estimate of drug-likeness (QED) is 0.739. The van der Waals surface area contributed by atoms with E-state index in [4.69, 9.17) is 16.0 Å². The van der Waals surface area contributed by atoms with Crippen LogP contribution in [0, 0.1) is 0 Å². The van der Waals surface area contributed by atoms with Crippen LogP contribution < -0.4 is 0 Å². The minimum Gasteiger partial charge on any atom is -0.461 e. The molecule has 0 saturated heterocycles. The highest BCUT2D eigenvalue weighted by atomic mass is 35.5. The maximum Gasteiger partial charge on any atom is 0.195 e. The van der Waals surface area contributed by atoms with Crippen molar-refractivity contribution in [2.75, 3.05) is 6.54 Å². The fourth-order valence-electron chi connectivity index (χ4n) is 2.83. The molecule has 1 aliphatic heterocycles. The maximum absolute atomic E-state index is 6.00. The van der Waals surface area contributed by atoms with Gasteiger partial charge in [0.15, 0.2) is 11.6 Å². The average Bonchev–Trinajstić information content (AvgIpc) is 3.09. The van der Waals surface area contributed by atoms with Gasteiger partial charge in [0.1, 0.15) is 0 Å². The SMILES string of the molecule is Clc1cncc(CN2CCc3nc(-c4ccco4)ncc3C2)c1. The molecule has 0 fully saturated rings. The van der Waals surface area contributed by atoms with Gasteiger partial charge in [0.2, 0.25) is 0 Å². The van der Waals surface area contributed by atoms with Gasteiger partial charge in [-0.2, -0.15) is 0 Å². The largest absolute Gasteiger partial charge is 0.461 e. The predicted octanol–water partition coefficient (Wildman–Crippen LogP) is 3.34. The Labute approximate surface area is 139 Å². The van der Waals surface area contributed by atoms with Crippen molar-refractivity contribution in [1.29, 1.82) is 0 Å². The second kappa shape index (κ2) is 6.10. The second-order valence-electron chi connectivity index (χ2n) is 5.61. The van der Waals surface area contributed by atoms with Crippen LogP contribution in [0.15, 0.2) is 47.5 Å². The second-order valence-corrected chi connectivity index (χ2v) is 6.05. The van der Waals surface area contributed by atoms with Crippen molar-refractivity contribution in [2.45, 2.75) is 19.5 Å². The standard InChI is InChI=1S/C17H15ClN4O/c18-14-6-12(7-19-9-14)10-22-4-3-15-13(11-22)8-20-17(21-15)16-2-1-5-23-16/h1-2,5-9H,3-4,10-11H2. The van der Waals surface area contributed by atoms with Crippen LogP contribution in [0.1, 0.15) is 16.8 Å². The van der Waals surface area contributed by atoms with E-state index >= 15 is 0 Å². The molecule has 0 unspecified atom stereocenters. The molecule has 0 bridgehead atoms. The van der Waals surface area contributed by atoms with E-state index in [1.165, 1.54) is 5.56 Å². The highest BCUT2D eigenvalue weighted by Crippen LogP contribution is 2.22. The lowest BCUT2D eigenvalue weighted by atomic mass is 10.1. The normalized spacial score (nSPS) is 14.7. The van der Waals surface area contributed by atoms with Gasteiger partial charge in [-0.25, -0.2) is 9.97 Å². The third-order valence-electron chi connectivity index (χ3n) is 3.92. The summed E-state index contributed by atoms with van der Waals surface area (Å²) in [4.78, 5) is 15.6. The predicted molar refractivity (Wildman–Crippen MR) is 86.8 cm³/mol. The Morgan fingerprint density at radius 1 is 1.26 bits per heavy atom. The van der Waals surface area contributed by atoms with Crippen molar-refractivity contribution >= 4 is 11.6 Å². The van der Waals surface area contributed by atoms with Gasteiger partial charge in [-0.05, 0) is 23.8 Å². The van der Waals surface area contributed by atoms with Crippen LogP contribution in [0.2, 0.25) is 5.02 Å². The number of aromatic nitrogens is 3. The van der Waals surface area contributed by atoms with E-state index in [9.17, 15) is 0 Å². The molecule has 6 heteroatoms. The summed E-state index contributed by atoms with van der Waals surface area (Å²) in [5.41, 5.74) is 3.39. The molecule has 4 heterocycles. The summed E-state index contributed by atoms with van der Waals surface area (Å²) in [5, 5.41) is 0.673. The smallest absolute Gasteiger partial charge is 0.195 e. The van der Waals surface area contributed by atoms with Crippen molar-refractivity contribution in [3.05, 3.63) is 64.9 Å². The molecule has 23 heavy (non-hydrogen) atoms. The van der Waals surface area contributed by atoms with Gasteiger partial charge in [-0.3, -0.25) is 9.88 Å². The molecular weight excluding hydrogens is 312 g/mol. The van der Waals surface area contributed by atoms with Gasteiger partial charge in [0.25, 0.3) is 0 Å². The average molecular weight is 327 g/mol. The molecule has 3 aromatic rings. The first-order chi connectivity index (χ1) is 11.3. The molecule has 4 rings (SSSR count). The number of hydrogen-bond donors (Lipinski definition) is 0. The van der Waals surface area contributed by atoms with E-state index in [-0.39, 0.29) is 0 Å². The van der Waals surface area contributed by atoms with Crippen molar-refractivity contribution in [1.82, 2.24) is 19.9 Å². The number of rotatable bonds is 3. The topological polar surface area (TPSA) is 55.1 Å². The third-order valence-corrected chi connectivity index (χ3v) is 4.13. The van der Waals surface area contributed by atoms with E-state index in [1.807, 2.05) is 30.6 Å². The molecule has 3 aromatic heterocycles. The van der Waals surface area contributed by atoms with Crippen LogP contribution in [0.25, 0.3) is 11.6 Å². The molecule has 0 amide bonds. The van der Waals surface area contributed by atoms with Gasteiger partial charge in [-0.1, -0.05) is 11.6 Å². The minimum absolute atomic E-state index is 0.654. The van der Waals surface area contributed by atoms with Crippen LogP contribution >= 0.6 is 11.6 Å². The van der Waals surface area contributed by atoms with Crippen molar-refractivity contribution in [3.63, 3.8) is 0 Å². The first-order valence-corrected chi connectivity index (χ1v) is 7.86. The summed E-state index contributed by atoms with van der Waals surface area (Å²) in [6.45, 7) is 2.61. The summed E-state index contributed by atoms with van der Waals surface area (Å²) in [6.07, 6.45) is 7.96. The number of halogens is 1. The number of fused-ring (bicyclic) bond motifs is 1. The number of furan rings is 1. The highest BCUT2D eigenvalue weighted by molar-refractivity contribution is 6.30. The van der Waals surface area contributed by atoms with Crippen molar-refractivity contribution in [3.8, 4) is 11.6 Å². The molecule has 0 radical (unpaired) electrons. The number of pyridine rings is 1. The van der Waals surface area contributed by atoms with Crippen molar-refractivity contribution in [2.24, 2.45) is 0 Å². The molecule has 0 saturated carbocycles. The van der Waals surface area contributed by atoms with Crippen LogP contribution in [0.4, 0.5) is 0 Å². The monoisotopic (exact) mass is 326 g/mol.